The number of nitrogens with one attached hydrogen (secondary N) is 1. The van der Waals surface area contributed by atoms with Gasteiger partial charge in [0.1, 0.15) is 5.88 Å². The van der Waals surface area contributed by atoms with Gasteiger partial charge in [0.25, 0.3) is 0 Å². The van der Waals surface area contributed by atoms with Crippen LogP contribution in [0, 0.1) is 0 Å². The Labute approximate surface area is 119 Å². The second-order valence-corrected chi connectivity index (χ2v) is 5.23. The van der Waals surface area contributed by atoms with Gasteiger partial charge in [-0.25, -0.2) is 0 Å². The zero-order chi connectivity index (χ0) is 13.7. The number of piperazine rings is 1. The number of hydrogen-bond acceptors (Lipinski definition) is 3. The van der Waals surface area contributed by atoms with Crippen LogP contribution in [0.1, 0.15) is 5.56 Å². The van der Waals surface area contributed by atoms with Gasteiger partial charge in [0.2, 0.25) is 5.91 Å². The summed E-state index contributed by atoms with van der Waals surface area (Å²) in [6, 6.07) is 7.97. The number of carbonyl (C=O) groups is 1. The second kappa shape index (κ2) is 6.89. The largest absolute Gasteiger partial charge is 0.325 e. The highest BCUT2D eigenvalue weighted by atomic mass is 35.5. The first kappa shape index (κ1) is 14.3. The summed E-state index contributed by atoms with van der Waals surface area (Å²) >= 11 is 5.45. The zero-order valence-electron chi connectivity index (χ0n) is 11.2. The molecule has 1 saturated heterocycles. The highest BCUT2D eigenvalue weighted by molar-refractivity contribution is 6.29. The molecule has 1 aromatic carbocycles. The number of likely N-dealkylation sites (N-methyl/N-ethyl adjacent to an activating group) is 1. The molecule has 19 heavy (non-hydrogen) atoms. The second-order valence-electron chi connectivity index (χ2n) is 4.96. The van der Waals surface area contributed by atoms with Crippen LogP contribution in [0.5, 0.6) is 0 Å². The highest BCUT2D eigenvalue weighted by Crippen LogP contribution is 2.12. The topological polar surface area (TPSA) is 35.6 Å². The number of anilines is 1. The lowest BCUT2D eigenvalue weighted by Gasteiger charge is -2.32. The van der Waals surface area contributed by atoms with E-state index in [0.717, 1.165) is 38.4 Å². The molecule has 5 heteroatoms. The molecule has 1 heterocycles. The van der Waals surface area contributed by atoms with Crippen LogP contribution in [0.3, 0.4) is 0 Å². The molecule has 0 aliphatic carbocycles. The minimum Gasteiger partial charge on any atom is -0.325 e. The predicted molar refractivity (Wildman–Crippen MR) is 78.6 cm³/mol. The van der Waals surface area contributed by atoms with Crippen molar-refractivity contribution in [1.29, 1.82) is 0 Å². The Morgan fingerprint density at radius 1 is 1.21 bits per heavy atom. The zero-order valence-corrected chi connectivity index (χ0v) is 12.0. The average molecular weight is 282 g/mol. The van der Waals surface area contributed by atoms with Crippen LogP contribution < -0.4 is 5.32 Å². The van der Waals surface area contributed by atoms with Crippen molar-refractivity contribution >= 4 is 23.2 Å². The Bertz CT molecular complexity index is 413. The molecule has 2 rings (SSSR count). The van der Waals surface area contributed by atoms with Crippen LogP contribution in [-0.4, -0.2) is 54.8 Å². The third-order valence-electron chi connectivity index (χ3n) is 3.36. The minimum absolute atomic E-state index is 0.0109. The molecule has 0 saturated carbocycles. The Balaban J connectivity index is 1.86. The lowest BCUT2D eigenvalue weighted by atomic mass is 10.2. The molecule has 1 aliphatic rings. The molecule has 0 spiro atoms. The van der Waals surface area contributed by atoms with E-state index in [4.69, 9.17) is 11.6 Å². The van der Waals surface area contributed by atoms with Gasteiger partial charge in [-0.15, -0.1) is 11.6 Å². The number of carbonyl (C=O) groups excluding carboxylic acids is 1. The van der Waals surface area contributed by atoms with E-state index in [1.807, 2.05) is 12.1 Å². The molecular weight excluding hydrogens is 262 g/mol. The minimum atomic E-state index is -0.173. The molecule has 0 atom stereocenters. The van der Waals surface area contributed by atoms with Gasteiger partial charge < -0.3 is 10.2 Å². The number of hydrogen-bond donors (Lipinski definition) is 1. The quantitative estimate of drug-likeness (QED) is 0.852. The number of amides is 1. The van der Waals surface area contributed by atoms with Crippen LogP contribution in [0.15, 0.2) is 24.3 Å². The van der Waals surface area contributed by atoms with E-state index in [9.17, 15) is 4.79 Å². The molecule has 0 radical (unpaired) electrons. The van der Waals surface area contributed by atoms with Crippen LogP contribution in [0.25, 0.3) is 0 Å². The lowest BCUT2D eigenvalue weighted by molar-refractivity contribution is -0.113. The van der Waals surface area contributed by atoms with Crippen molar-refractivity contribution in [1.82, 2.24) is 9.80 Å². The molecule has 1 aliphatic heterocycles. The van der Waals surface area contributed by atoms with Gasteiger partial charge in [0.15, 0.2) is 0 Å². The maximum Gasteiger partial charge on any atom is 0.239 e. The SMILES string of the molecule is CN1CCN(Cc2ccc(NC(=O)CCl)cc2)CC1. The highest BCUT2D eigenvalue weighted by Gasteiger charge is 2.13. The normalized spacial score (nSPS) is 17.4. The molecule has 104 valence electrons. The third-order valence-corrected chi connectivity index (χ3v) is 3.60. The van der Waals surface area contributed by atoms with Gasteiger partial charge in [-0.05, 0) is 24.7 Å². The Morgan fingerprint density at radius 2 is 1.84 bits per heavy atom. The van der Waals surface area contributed by atoms with E-state index in [2.05, 4.69) is 34.3 Å². The van der Waals surface area contributed by atoms with Crippen LogP contribution in [0.4, 0.5) is 5.69 Å². The van der Waals surface area contributed by atoms with Crippen molar-refractivity contribution in [3.63, 3.8) is 0 Å². The summed E-state index contributed by atoms with van der Waals surface area (Å²) in [4.78, 5) is 16.0. The van der Waals surface area contributed by atoms with Gasteiger partial charge in [-0.1, -0.05) is 12.1 Å². The van der Waals surface area contributed by atoms with Gasteiger partial charge in [-0.3, -0.25) is 9.69 Å². The molecule has 0 unspecified atom stereocenters. The van der Waals surface area contributed by atoms with E-state index < -0.39 is 0 Å². The summed E-state index contributed by atoms with van der Waals surface area (Å²) in [6.07, 6.45) is 0. The van der Waals surface area contributed by atoms with Crippen molar-refractivity contribution < 1.29 is 4.79 Å². The fourth-order valence-corrected chi connectivity index (χ4v) is 2.22. The van der Waals surface area contributed by atoms with Crippen molar-refractivity contribution in [3.8, 4) is 0 Å². The Kier molecular flexibility index (Phi) is 5.19. The number of alkyl halides is 1. The smallest absolute Gasteiger partial charge is 0.239 e. The van der Waals surface area contributed by atoms with E-state index in [1.165, 1.54) is 5.56 Å². The summed E-state index contributed by atoms with van der Waals surface area (Å²) in [5.41, 5.74) is 2.07. The number of nitrogens with zero attached hydrogens (tertiary/aromatic N) is 2. The summed E-state index contributed by atoms with van der Waals surface area (Å²) in [7, 11) is 2.16. The van der Waals surface area contributed by atoms with Crippen LogP contribution in [0.2, 0.25) is 0 Å². The molecule has 1 N–H and O–H groups in total. The number of rotatable bonds is 4. The van der Waals surface area contributed by atoms with E-state index in [-0.39, 0.29) is 11.8 Å². The van der Waals surface area contributed by atoms with Crippen molar-refractivity contribution in [2.75, 3.05) is 44.4 Å². The van der Waals surface area contributed by atoms with Crippen molar-refractivity contribution in [2.24, 2.45) is 0 Å². The van der Waals surface area contributed by atoms with E-state index in [1.54, 1.807) is 0 Å². The molecule has 0 bridgehead atoms. The van der Waals surface area contributed by atoms with Crippen molar-refractivity contribution in [3.05, 3.63) is 29.8 Å². The lowest BCUT2D eigenvalue weighted by Crippen LogP contribution is -2.43. The van der Waals surface area contributed by atoms with Gasteiger partial charge >= 0.3 is 0 Å². The van der Waals surface area contributed by atoms with Gasteiger partial charge in [0.05, 0.1) is 0 Å². The summed E-state index contributed by atoms with van der Waals surface area (Å²) < 4.78 is 0. The summed E-state index contributed by atoms with van der Waals surface area (Å²) in [5, 5.41) is 2.74. The number of benzene rings is 1. The van der Waals surface area contributed by atoms with E-state index in [0.29, 0.717) is 0 Å². The first-order valence-electron chi connectivity index (χ1n) is 6.53. The number of halogens is 1. The van der Waals surface area contributed by atoms with Gasteiger partial charge in [0, 0.05) is 38.4 Å². The maximum absolute atomic E-state index is 11.2. The predicted octanol–water partition coefficient (Wildman–Crippen LogP) is 1.61. The van der Waals surface area contributed by atoms with E-state index >= 15 is 0 Å². The fourth-order valence-electron chi connectivity index (χ4n) is 2.15. The molecule has 1 aromatic rings. The molecule has 1 fully saturated rings. The van der Waals surface area contributed by atoms with Crippen molar-refractivity contribution in [2.45, 2.75) is 6.54 Å². The van der Waals surface area contributed by atoms with Crippen LogP contribution >= 0.6 is 11.6 Å². The molecule has 4 nitrogen and oxygen atoms in total. The molecular formula is C14H20ClN3O. The molecule has 1 amide bonds. The monoisotopic (exact) mass is 281 g/mol. The Hall–Kier alpha value is -1.10. The van der Waals surface area contributed by atoms with Gasteiger partial charge in [-0.2, -0.15) is 0 Å². The summed E-state index contributed by atoms with van der Waals surface area (Å²) in [6.45, 7) is 5.45. The first-order valence-corrected chi connectivity index (χ1v) is 7.06. The Morgan fingerprint density at radius 3 is 2.42 bits per heavy atom. The first-order chi connectivity index (χ1) is 9.17. The maximum atomic E-state index is 11.2. The standard InChI is InChI=1S/C14H20ClN3O/c1-17-6-8-18(9-7-17)11-12-2-4-13(5-3-12)16-14(19)10-15/h2-5H,6-11H2,1H3,(H,16,19). The fraction of sp³-hybridized carbons (Fsp3) is 0.500. The summed E-state index contributed by atoms with van der Waals surface area (Å²) in [5.74, 6) is -0.184. The third kappa shape index (κ3) is 4.49. The molecule has 0 aromatic heterocycles. The van der Waals surface area contributed by atoms with Crippen LogP contribution in [-0.2, 0) is 11.3 Å². The average Bonchev–Trinajstić information content (AvgIpc) is 2.43.